The second-order valence-corrected chi connectivity index (χ2v) is 7.35. The van der Waals surface area contributed by atoms with Gasteiger partial charge in [-0.15, -0.1) is 0 Å². The van der Waals surface area contributed by atoms with Gasteiger partial charge in [0.05, 0.1) is 0 Å². The third-order valence-corrected chi connectivity index (χ3v) is 4.92. The molecular weight excluding hydrogens is 407 g/mol. The molecule has 0 bridgehead atoms. The fourth-order valence-corrected chi connectivity index (χ4v) is 3.31. The van der Waals surface area contributed by atoms with Crippen LogP contribution in [-0.4, -0.2) is 29.9 Å². The maximum absolute atomic E-state index is 13.4. The van der Waals surface area contributed by atoms with Crippen molar-refractivity contribution in [3.8, 4) is 5.75 Å². The van der Waals surface area contributed by atoms with E-state index in [0.717, 1.165) is 6.42 Å². The van der Waals surface area contributed by atoms with Crippen LogP contribution in [0.5, 0.6) is 5.75 Å². The Labute approximate surface area is 187 Å². The average Bonchev–Trinajstić information content (AvgIpc) is 2.83. The number of carbonyl (C=O) groups excluding carboxylic acids is 2. The number of benzene rings is 3. The molecule has 0 aliphatic carbocycles. The van der Waals surface area contributed by atoms with Crippen molar-refractivity contribution >= 4 is 11.8 Å². The molecule has 0 aromatic heterocycles. The van der Waals surface area contributed by atoms with E-state index in [4.69, 9.17) is 4.74 Å². The number of carbonyl (C=O) groups is 2. The van der Waals surface area contributed by atoms with Gasteiger partial charge in [0, 0.05) is 13.1 Å². The number of rotatable bonds is 10. The van der Waals surface area contributed by atoms with E-state index in [1.807, 2.05) is 55.5 Å². The van der Waals surface area contributed by atoms with Crippen LogP contribution >= 0.6 is 0 Å². The largest absolute Gasteiger partial charge is 0.484 e. The number of amides is 2. The Kier molecular flexibility index (Phi) is 8.37. The Hall–Kier alpha value is -3.67. The van der Waals surface area contributed by atoms with Crippen molar-refractivity contribution in [1.82, 2.24) is 10.2 Å². The number of para-hydroxylation sites is 1. The molecule has 0 spiro atoms. The molecule has 0 saturated carbocycles. The fraction of sp³-hybridized carbons (Fsp3) is 0.231. The Morgan fingerprint density at radius 1 is 0.938 bits per heavy atom. The van der Waals surface area contributed by atoms with Crippen LogP contribution in [0.1, 0.15) is 30.5 Å². The standard InChI is InChI=1S/C26H27FN2O3/c1-2-17-28-26(31)25(21-9-5-3-6-10-21)29(18-20-13-15-22(27)16-14-20)24(30)19-32-23-11-7-4-8-12-23/h3-16,25H,2,17-19H2,1H3,(H,28,31). The van der Waals surface area contributed by atoms with Gasteiger partial charge in [0.15, 0.2) is 6.61 Å². The minimum absolute atomic E-state index is 0.135. The Morgan fingerprint density at radius 2 is 1.56 bits per heavy atom. The number of halogens is 1. The zero-order valence-corrected chi connectivity index (χ0v) is 18.0. The zero-order valence-electron chi connectivity index (χ0n) is 18.0. The molecule has 0 fully saturated rings. The zero-order chi connectivity index (χ0) is 22.8. The van der Waals surface area contributed by atoms with Crippen LogP contribution in [0.15, 0.2) is 84.9 Å². The van der Waals surface area contributed by atoms with Gasteiger partial charge < -0.3 is 15.0 Å². The van der Waals surface area contributed by atoms with Crippen molar-refractivity contribution < 1.29 is 18.7 Å². The predicted octanol–water partition coefficient (Wildman–Crippen LogP) is 4.50. The summed E-state index contributed by atoms with van der Waals surface area (Å²) in [5, 5.41) is 2.90. The van der Waals surface area contributed by atoms with Crippen LogP contribution in [0.3, 0.4) is 0 Å². The quantitative estimate of drug-likeness (QED) is 0.511. The maximum Gasteiger partial charge on any atom is 0.261 e. The van der Waals surface area contributed by atoms with Gasteiger partial charge in [0.1, 0.15) is 17.6 Å². The van der Waals surface area contributed by atoms with Crippen molar-refractivity contribution in [3.05, 3.63) is 102 Å². The molecule has 166 valence electrons. The molecule has 1 N–H and O–H groups in total. The first-order valence-electron chi connectivity index (χ1n) is 10.6. The molecular formula is C26H27FN2O3. The van der Waals surface area contributed by atoms with Crippen molar-refractivity contribution in [2.24, 2.45) is 0 Å². The van der Waals surface area contributed by atoms with Gasteiger partial charge >= 0.3 is 0 Å². The maximum atomic E-state index is 13.4. The van der Waals surface area contributed by atoms with Crippen LogP contribution < -0.4 is 10.1 Å². The molecule has 3 aromatic rings. The second-order valence-electron chi connectivity index (χ2n) is 7.35. The summed E-state index contributed by atoms with van der Waals surface area (Å²) in [5.41, 5.74) is 1.40. The average molecular weight is 435 g/mol. The van der Waals surface area contributed by atoms with Gasteiger partial charge in [-0.1, -0.05) is 67.6 Å². The van der Waals surface area contributed by atoms with Gasteiger partial charge in [-0.2, -0.15) is 0 Å². The minimum Gasteiger partial charge on any atom is -0.484 e. The van der Waals surface area contributed by atoms with E-state index in [-0.39, 0.29) is 30.8 Å². The summed E-state index contributed by atoms with van der Waals surface area (Å²) in [4.78, 5) is 28.0. The lowest BCUT2D eigenvalue weighted by Crippen LogP contribution is -2.45. The monoisotopic (exact) mass is 434 g/mol. The first kappa shape index (κ1) is 23.0. The first-order valence-corrected chi connectivity index (χ1v) is 10.6. The minimum atomic E-state index is -0.848. The molecule has 0 radical (unpaired) electrons. The van der Waals surface area contributed by atoms with Crippen molar-refractivity contribution in [2.45, 2.75) is 25.9 Å². The summed E-state index contributed by atoms with van der Waals surface area (Å²) in [6.07, 6.45) is 0.774. The Balaban J connectivity index is 1.91. The molecule has 0 aliphatic heterocycles. The van der Waals surface area contributed by atoms with E-state index in [1.54, 1.807) is 24.3 Å². The van der Waals surface area contributed by atoms with E-state index in [2.05, 4.69) is 5.32 Å². The van der Waals surface area contributed by atoms with Gasteiger partial charge in [-0.05, 0) is 41.8 Å². The lowest BCUT2D eigenvalue weighted by Gasteiger charge is -2.31. The van der Waals surface area contributed by atoms with Crippen LogP contribution in [0, 0.1) is 5.82 Å². The third kappa shape index (κ3) is 6.41. The van der Waals surface area contributed by atoms with Crippen LogP contribution in [0.2, 0.25) is 0 Å². The Bertz CT molecular complexity index is 995. The summed E-state index contributed by atoms with van der Waals surface area (Å²) >= 11 is 0. The summed E-state index contributed by atoms with van der Waals surface area (Å²) in [6.45, 7) is 2.38. The molecule has 32 heavy (non-hydrogen) atoms. The molecule has 5 nitrogen and oxygen atoms in total. The number of nitrogens with zero attached hydrogens (tertiary/aromatic N) is 1. The van der Waals surface area contributed by atoms with Crippen LogP contribution in [-0.2, 0) is 16.1 Å². The molecule has 1 atom stereocenters. The van der Waals surface area contributed by atoms with Crippen molar-refractivity contribution in [1.29, 1.82) is 0 Å². The number of hydrogen-bond acceptors (Lipinski definition) is 3. The highest BCUT2D eigenvalue weighted by Gasteiger charge is 2.31. The topological polar surface area (TPSA) is 58.6 Å². The molecule has 3 aromatic carbocycles. The van der Waals surface area contributed by atoms with E-state index in [0.29, 0.717) is 23.4 Å². The highest BCUT2D eigenvalue weighted by Crippen LogP contribution is 2.24. The van der Waals surface area contributed by atoms with E-state index in [1.165, 1.54) is 17.0 Å². The van der Waals surface area contributed by atoms with Crippen molar-refractivity contribution in [2.75, 3.05) is 13.2 Å². The summed E-state index contributed by atoms with van der Waals surface area (Å²) in [5.74, 6) is -0.416. The highest BCUT2D eigenvalue weighted by atomic mass is 19.1. The molecule has 0 saturated heterocycles. The molecule has 1 unspecified atom stereocenters. The molecule has 6 heteroatoms. The fourth-order valence-electron chi connectivity index (χ4n) is 3.31. The number of hydrogen-bond donors (Lipinski definition) is 1. The summed E-state index contributed by atoms with van der Waals surface area (Å²) in [7, 11) is 0. The third-order valence-electron chi connectivity index (χ3n) is 4.92. The molecule has 0 aliphatic rings. The first-order chi connectivity index (χ1) is 15.6. The highest BCUT2D eigenvalue weighted by molar-refractivity contribution is 5.89. The lowest BCUT2D eigenvalue weighted by atomic mass is 10.0. The number of ether oxygens (including phenoxy) is 1. The normalized spacial score (nSPS) is 11.4. The van der Waals surface area contributed by atoms with Gasteiger partial charge in [0.2, 0.25) is 5.91 Å². The van der Waals surface area contributed by atoms with Crippen molar-refractivity contribution in [3.63, 3.8) is 0 Å². The smallest absolute Gasteiger partial charge is 0.261 e. The SMILES string of the molecule is CCCNC(=O)C(c1ccccc1)N(Cc1ccc(F)cc1)C(=O)COc1ccccc1. The lowest BCUT2D eigenvalue weighted by molar-refractivity contribution is -0.143. The molecule has 3 rings (SSSR count). The summed E-state index contributed by atoms with van der Waals surface area (Å²) in [6, 6.07) is 23.2. The van der Waals surface area contributed by atoms with Gasteiger partial charge in [-0.25, -0.2) is 4.39 Å². The van der Waals surface area contributed by atoms with E-state index in [9.17, 15) is 14.0 Å². The predicted molar refractivity (Wildman–Crippen MR) is 121 cm³/mol. The molecule has 2 amide bonds. The van der Waals surface area contributed by atoms with Crippen LogP contribution in [0.25, 0.3) is 0 Å². The number of nitrogens with one attached hydrogen (secondary N) is 1. The van der Waals surface area contributed by atoms with Crippen LogP contribution in [0.4, 0.5) is 4.39 Å². The Morgan fingerprint density at radius 3 is 2.19 bits per heavy atom. The van der Waals surface area contributed by atoms with E-state index < -0.39 is 6.04 Å². The summed E-state index contributed by atoms with van der Waals surface area (Å²) < 4.78 is 19.1. The molecule has 0 heterocycles. The van der Waals surface area contributed by atoms with Gasteiger partial charge in [0.25, 0.3) is 5.91 Å². The van der Waals surface area contributed by atoms with E-state index >= 15 is 0 Å². The second kappa shape index (κ2) is 11.6. The van der Waals surface area contributed by atoms with Gasteiger partial charge in [-0.3, -0.25) is 9.59 Å².